The van der Waals surface area contributed by atoms with E-state index in [0.717, 1.165) is 27.7 Å². The Morgan fingerprint density at radius 1 is 1.19 bits per heavy atom. The average molecular weight is 366 g/mol. The summed E-state index contributed by atoms with van der Waals surface area (Å²) in [6.07, 6.45) is 3.41. The lowest BCUT2D eigenvalue weighted by atomic mass is 10.1. The molecule has 3 aromatic rings. The van der Waals surface area contributed by atoms with E-state index in [0.29, 0.717) is 17.3 Å². The van der Waals surface area contributed by atoms with E-state index < -0.39 is 0 Å². The Kier molecular flexibility index (Phi) is 5.36. The molecule has 0 radical (unpaired) electrons. The third-order valence-electron chi connectivity index (χ3n) is 4.19. The Bertz CT molecular complexity index is 980. The first-order valence-corrected chi connectivity index (χ1v) is 9.00. The molecule has 26 heavy (non-hydrogen) atoms. The summed E-state index contributed by atoms with van der Waals surface area (Å²) in [5.74, 6) is 0. The number of hydrogen-bond donors (Lipinski definition) is 1. The zero-order chi connectivity index (χ0) is 18.7. The van der Waals surface area contributed by atoms with E-state index in [1.807, 2.05) is 32.0 Å². The van der Waals surface area contributed by atoms with E-state index in [4.69, 9.17) is 16.9 Å². The predicted octanol–water partition coefficient (Wildman–Crippen LogP) is 4.77. The molecular weight excluding hydrogens is 346 g/mol. The lowest BCUT2D eigenvalue weighted by Gasteiger charge is -2.20. The molecule has 6 heteroatoms. The van der Waals surface area contributed by atoms with Gasteiger partial charge in [-0.2, -0.15) is 5.26 Å². The van der Waals surface area contributed by atoms with Crippen molar-refractivity contribution in [2.45, 2.75) is 33.4 Å². The molecule has 132 valence electrons. The molecule has 0 saturated heterocycles. The smallest absolute Gasteiger partial charge is 0.140 e. The number of benzene rings is 1. The van der Waals surface area contributed by atoms with Gasteiger partial charge in [-0.3, -0.25) is 4.98 Å². The van der Waals surface area contributed by atoms with Crippen molar-refractivity contribution in [3.63, 3.8) is 0 Å². The van der Waals surface area contributed by atoms with Gasteiger partial charge in [-0.05, 0) is 42.3 Å². The average Bonchev–Trinajstić information content (AvgIpc) is 2.98. The number of halogens is 1. The lowest BCUT2D eigenvalue weighted by Crippen LogP contribution is -2.32. The van der Waals surface area contributed by atoms with Crippen molar-refractivity contribution in [2.75, 3.05) is 5.01 Å². The van der Waals surface area contributed by atoms with Gasteiger partial charge in [0.15, 0.2) is 0 Å². The number of nitrogens with one attached hydrogen (secondary N) is 1. The van der Waals surface area contributed by atoms with E-state index >= 15 is 0 Å². The third kappa shape index (κ3) is 3.48. The molecule has 0 amide bonds. The van der Waals surface area contributed by atoms with Crippen LogP contribution in [0.4, 0.5) is 5.69 Å². The number of anilines is 1. The van der Waals surface area contributed by atoms with Gasteiger partial charge in [0.2, 0.25) is 0 Å². The van der Waals surface area contributed by atoms with Gasteiger partial charge < -0.3 is 5.01 Å². The van der Waals surface area contributed by atoms with Crippen LogP contribution in [-0.4, -0.2) is 9.97 Å². The minimum absolute atomic E-state index is 0.145. The van der Waals surface area contributed by atoms with E-state index in [2.05, 4.69) is 45.5 Å². The van der Waals surface area contributed by atoms with Gasteiger partial charge in [-0.1, -0.05) is 31.5 Å². The zero-order valence-corrected chi connectivity index (χ0v) is 15.7. The van der Waals surface area contributed by atoms with Gasteiger partial charge >= 0.3 is 0 Å². The van der Waals surface area contributed by atoms with Crippen LogP contribution < -0.4 is 10.4 Å². The van der Waals surface area contributed by atoms with Gasteiger partial charge in [0.05, 0.1) is 35.0 Å². The van der Waals surface area contributed by atoms with Crippen molar-refractivity contribution in [2.24, 2.45) is 0 Å². The summed E-state index contributed by atoms with van der Waals surface area (Å²) >= 11 is 6.04. The van der Waals surface area contributed by atoms with Gasteiger partial charge in [0, 0.05) is 11.6 Å². The van der Waals surface area contributed by atoms with Gasteiger partial charge in [-0.25, -0.2) is 10.4 Å². The fourth-order valence-corrected chi connectivity index (χ4v) is 3.20. The maximum absolute atomic E-state index is 9.02. The Balaban J connectivity index is 0.000000948. The van der Waals surface area contributed by atoms with Crippen LogP contribution in [0.15, 0.2) is 42.7 Å². The van der Waals surface area contributed by atoms with Crippen LogP contribution in [0.2, 0.25) is 5.02 Å². The molecule has 1 aromatic carbocycles. The second-order valence-electron chi connectivity index (χ2n) is 5.86. The molecular formula is C20H20ClN5. The molecule has 0 spiro atoms. The summed E-state index contributed by atoms with van der Waals surface area (Å²) in [5, 5.41) is 12.7. The maximum atomic E-state index is 9.02. The highest BCUT2D eigenvalue weighted by molar-refractivity contribution is 6.31. The van der Waals surface area contributed by atoms with Gasteiger partial charge in [0.25, 0.3) is 0 Å². The van der Waals surface area contributed by atoms with E-state index in [1.54, 1.807) is 12.4 Å². The predicted molar refractivity (Wildman–Crippen MR) is 105 cm³/mol. The van der Waals surface area contributed by atoms with Crippen molar-refractivity contribution in [1.29, 1.82) is 5.26 Å². The van der Waals surface area contributed by atoms with Crippen LogP contribution in [0.25, 0.3) is 10.9 Å². The number of nitrogens with zero attached hydrogens (tertiary/aromatic N) is 4. The maximum Gasteiger partial charge on any atom is 0.140 e. The quantitative estimate of drug-likeness (QED) is 0.708. The molecule has 2 aromatic heterocycles. The number of rotatable bonds is 2. The molecule has 3 heterocycles. The molecule has 0 saturated carbocycles. The summed E-state index contributed by atoms with van der Waals surface area (Å²) in [6, 6.07) is 12.1. The fraction of sp³-hybridized carbons (Fsp3) is 0.250. The number of hydrazine groups is 1. The Labute approximate surface area is 158 Å². The van der Waals surface area contributed by atoms with E-state index in [-0.39, 0.29) is 6.04 Å². The van der Waals surface area contributed by atoms with Crippen molar-refractivity contribution in [3.8, 4) is 6.07 Å². The number of fused-ring (bicyclic) bond motifs is 2. The van der Waals surface area contributed by atoms with Crippen LogP contribution in [0, 0.1) is 11.3 Å². The molecule has 1 unspecified atom stereocenters. The number of hydrogen-bond acceptors (Lipinski definition) is 5. The first kappa shape index (κ1) is 18.1. The Hall–Kier alpha value is -2.68. The third-order valence-corrected chi connectivity index (χ3v) is 4.39. The molecule has 4 rings (SSSR count). The second-order valence-corrected chi connectivity index (χ2v) is 6.29. The second kappa shape index (κ2) is 7.69. The number of aromatic nitrogens is 2. The van der Waals surface area contributed by atoms with Crippen LogP contribution in [0.3, 0.4) is 0 Å². The van der Waals surface area contributed by atoms with Crippen molar-refractivity contribution in [1.82, 2.24) is 15.4 Å². The van der Waals surface area contributed by atoms with E-state index in [1.165, 1.54) is 0 Å². The Morgan fingerprint density at radius 2 is 2.00 bits per heavy atom. The molecule has 0 aliphatic carbocycles. The summed E-state index contributed by atoms with van der Waals surface area (Å²) < 4.78 is 0. The molecule has 1 N–H and O–H groups in total. The van der Waals surface area contributed by atoms with Crippen LogP contribution in [0.5, 0.6) is 0 Å². The minimum atomic E-state index is 0.145. The number of nitriles is 1. The van der Waals surface area contributed by atoms with Crippen LogP contribution >= 0.6 is 11.6 Å². The fourth-order valence-electron chi connectivity index (χ4n) is 3.04. The first-order valence-electron chi connectivity index (χ1n) is 8.62. The standard InChI is InChI=1S/C18H14ClN5.C2H6/c1-11-16-6-15(7-20)21-9-18(16)24(23-11)10-12-2-3-17-13(4-12)5-14(19)8-22-17;1-2/h2-6,8-9,11,23H,10H2,1H3;1-2H3. The highest BCUT2D eigenvalue weighted by Crippen LogP contribution is 2.33. The van der Waals surface area contributed by atoms with E-state index in [9.17, 15) is 0 Å². The molecule has 1 atom stereocenters. The van der Waals surface area contributed by atoms with Crippen LogP contribution in [-0.2, 0) is 6.54 Å². The zero-order valence-electron chi connectivity index (χ0n) is 15.0. The molecule has 5 nitrogen and oxygen atoms in total. The summed E-state index contributed by atoms with van der Waals surface area (Å²) in [7, 11) is 0. The van der Waals surface area contributed by atoms with Gasteiger partial charge in [0.1, 0.15) is 11.8 Å². The molecule has 1 aliphatic rings. The molecule has 0 fully saturated rings. The largest absolute Gasteiger partial charge is 0.302 e. The molecule has 1 aliphatic heterocycles. The van der Waals surface area contributed by atoms with Crippen LogP contribution in [0.1, 0.15) is 43.6 Å². The minimum Gasteiger partial charge on any atom is -0.302 e. The highest BCUT2D eigenvalue weighted by atomic mass is 35.5. The summed E-state index contributed by atoms with van der Waals surface area (Å²) in [5.41, 5.74) is 8.02. The van der Waals surface area contributed by atoms with Crippen molar-refractivity contribution < 1.29 is 0 Å². The topological polar surface area (TPSA) is 64.8 Å². The summed E-state index contributed by atoms with van der Waals surface area (Å²) in [6.45, 7) is 6.76. The number of pyridine rings is 2. The first-order chi connectivity index (χ1) is 12.6. The Morgan fingerprint density at radius 3 is 2.77 bits per heavy atom. The summed E-state index contributed by atoms with van der Waals surface area (Å²) in [4.78, 5) is 8.51. The normalized spacial score (nSPS) is 15.2. The highest BCUT2D eigenvalue weighted by Gasteiger charge is 2.26. The lowest BCUT2D eigenvalue weighted by molar-refractivity contribution is 0.579. The van der Waals surface area contributed by atoms with Gasteiger partial charge in [-0.15, -0.1) is 0 Å². The van der Waals surface area contributed by atoms with Crippen molar-refractivity contribution >= 4 is 28.2 Å². The SMILES string of the molecule is CC.CC1NN(Cc2ccc3ncc(Cl)cc3c2)c2cnc(C#N)cc21. The monoisotopic (exact) mass is 365 g/mol. The van der Waals surface area contributed by atoms with Crippen molar-refractivity contribution in [3.05, 3.63) is 64.6 Å². The molecule has 0 bridgehead atoms.